The average molecular weight is 254 g/mol. The van der Waals surface area contributed by atoms with Crippen LogP contribution in [0.15, 0.2) is 12.1 Å². The Hall–Kier alpha value is -1.91. The molecule has 0 spiro atoms. The number of methoxy groups -OCH3 is 2. The molecule has 0 saturated heterocycles. The lowest BCUT2D eigenvalue weighted by molar-refractivity contribution is -0.141. The van der Waals surface area contributed by atoms with E-state index in [1.54, 1.807) is 12.1 Å². The fraction of sp³-hybridized carbons (Fsp3) is 0.462. The first-order valence-electron chi connectivity index (χ1n) is 5.65. The maximum Gasteiger partial charge on any atom is 0.302 e. The summed E-state index contributed by atoms with van der Waals surface area (Å²) in [5, 5.41) is 9.76. The van der Waals surface area contributed by atoms with Gasteiger partial charge in [-0.2, -0.15) is 0 Å². The molecular formula is C13H18O5. The van der Waals surface area contributed by atoms with E-state index in [4.69, 9.17) is 14.2 Å². The summed E-state index contributed by atoms with van der Waals surface area (Å²) >= 11 is 0. The topological polar surface area (TPSA) is 65.0 Å². The van der Waals surface area contributed by atoms with E-state index in [0.29, 0.717) is 30.9 Å². The van der Waals surface area contributed by atoms with Crippen LogP contribution in [0.25, 0.3) is 0 Å². The molecule has 0 unspecified atom stereocenters. The Balaban J connectivity index is 2.67. The van der Waals surface area contributed by atoms with Gasteiger partial charge >= 0.3 is 5.97 Å². The van der Waals surface area contributed by atoms with Gasteiger partial charge in [-0.3, -0.25) is 4.79 Å². The number of aromatic hydroxyl groups is 1. The second kappa shape index (κ2) is 6.74. The number of carbonyl (C=O) groups excluding carboxylic acids is 1. The summed E-state index contributed by atoms with van der Waals surface area (Å²) < 4.78 is 15.0. The summed E-state index contributed by atoms with van der Waals surface area (Å²) in [6.07, 6.45) is 1.37. The lowest BCUT2D eigenvalue weighted by atomic mass is 10.1. The van der Waals surface area contributed by atoms with E-state index in [9.17, 15) is 9.90 Å². The van der Waals surface area contributed by atoms with Gasteiger partial charge in [0, 0.05) is 6.92 Å². The van der Waals surface area contributed by atoms with Crippen LogP contribution in [0.2, 0.25) is 0 Å². The Labute approximate surface area is 106 Å². The first kappa shape index (κ1) is 14.2. The minimum Gasteiger partial charge on any atom is -0.504 e. The zero-order chi connectivity index (χ0) is 13.5. The van der Waals surface area contributed by atoms with Crippen molar-refractivity contribution in [1.29, 1.82) is 0 Å². The van der Waals surface area contributed by atoms with Crippen molar-refractivity contribution in [2.45, 2.75) is 19.8 Å². The van der Waals surface area contributed by atoms with Gasteiger partial charge in [0.2, 0.25) is 5.75 Å². The third-order valence-corrected chi connectivity index (χ3v) is 2.43. The van der Waals surface area contributed by atoms with Gasteiger partial charge in [0.15, 0.2) is 11.5 Å². The Morgan fingerprint density at radius 1 is 1.28 bits per heavy atom. The summed E-state index contributed by atoms with van der Waals surface area (Å²) in [7, 11) is 2.98. The number of esters is 1. The van der Waals surface area contributed by atoms with Crippen LogP contribution in [0.1, 0.15) is 18.9 Å². The molecule has 0 aromatic heterocycles. The predicted molar refractivity (Wildman–Crippen MR) is 66.2 cm³/mol. The van der Waals surface area contributed by atoms with Crippen LogP contribution in [-0.4, -0.2) is 31.9 Å². The molecule has 0 aliphatic heterocycles. The molecule has 0 atom stereocenters. The zero-order valence-corrected chi connectivity index (χ0v) is 10.9. The normalized spacial score (nSPS) is 9.94. The van der Waals surface area contributed by atoms with Crippen molar-refractivity contribution in [3.63, 3.8) is 0 Å². The van der Waals surface area contributed by atoms with Crippen LogP contribution >= 0.6 is 0 Å². The molecule has 0 heterocycles. The molecule has 0 radical (unpaired) electrons. The maximum atomic E-state index is 10.6. The number of hydrogen-bond donors (Lipinski definition) is 1. The zero-order valence-electron chi connectivity index (χ0n) is 10.9. The quantitative estimate of drug-likeness (QED) is 0.620. The molecule has 0 saturated carbocycles. The molecule has 18 heavy (non-hydrogen) atoms. The molecule has 0 fully saturated rings. The molecule has 5 nitrogen and oxygen atoms in total. The largest absolute Gasteiger partial charge is 0.504 e. The summed E-state index contributed by atoms with van der Waals surface area (Å²) in [5.41, 5.74) is 0.900. The molecule has 1 N–H and O–H groups in total. The third kappa shape index (κ3) is 3.84. The van der Waals surface area contributed by atoms with E-state index < -0.39 is 0 Å². The van der Waals surface area contributed by atoms with Gasteiger partial charge in [-0.25, -0.2) is 0 Å². The summed E-state index contributed by atoms with van der Waals surface area (Å²) in [6, 6.07) is 3.42. The fourth-order valence-corrected chi connectivity index (χ4v) is 1.64. The molecule has 5 heteroatoms. The Kier molecular flexibility index (Phi) is 5.30. The van der Waals surface area contributed by atoms with Crippen molar-refractivity contribution in [2.24, 2.45) is 0 Å². The number of carbonyl (C=O) groups is 1. The first-order chi connectivity index (χ1) is 8.58. The summed E-state index contributed by atoms with van der Waals surface area (Å²) in [6.45, 7) is 1.74. The lowest BCUT2D eigenvalue weighted by Crippen LogP contribution is -2.02. The highest BCUT2D eigenvalue weighted by Crippen LogP contribution is 2.37. The Morgan fingerprint density at radius 3 is 2.56 bits per heavy atom. The van der Waals surface area contributed by atoms with Crippen LogP contribution in [0.5, 0.6) is 17.2 Å². The van der Waals surface area contributed by atoms with Gasteiger partial charge in [-0.05, 0) is 30.5 Å². The van der Waals surface area contributed by atoms with Crippen LogP contribution < -0.4 is 9.47 Å². The molecule has 1 rings (SSSR count). The SMILES string of the molecule is COc1cc(CCCOC(C)=O)cc(O)c1OC. The number of benzene rings is 1. The number of rotatable bonds is 6. The Morgan fingerprint density at radius 2 is 2.00 bits per heavy atom. The molecule has 100 valence electrons. The van der Waals surface area contributed by atoms with Gasteiger partial charge in [-0.1, -0.05) is 0 Å². The average Bonchev–Trinajstić information content (AvgIpc) is 2.33. The summed E-state index contributed by atoms with van der Waals surface area (Å²) in [4.78, 5) is 10.6. The van der Waals surface area contributed by atoms with E-state index in [0.717, 1.165) is 5.56 Å². The molecular weight excluding hydrogens is 236 g/mol. The number of aryl methyl sites for hydroxylation is 1. The van der Waals surface area contributed by atoms with Crippen molar-refractivity contribution in [2.75, 3.05) is 20.8 Å². The molecule has 0 bridgehead atoms. The van der Waals surface area contributed by atoms with E-state index in [-0.39, 0.29) is 11.7 Å². The fourth-order valence-electron chi connectivity index (χ4n) is 1.64. The molecule has 1 aromatic rings. The number of ether oxygens (including phenoxy) is 3. The molecule has 1 aromatic carbocycles. The highest BCUT2D eigenvalue weighted by Gasteiger charge is 2.11. The second-order valence-electron chi connectivity index (χ2n) is 3.79. The Bertz CT molecular complexity index is 414. The monoisotopic (exact) mass is 254 g/mol. The highest BCUT2D eigenvalue weighted by molar-refractivity contribution is 5.65. The lowest BCUT2D eigenvalue weighted by Gasteiger charge is -2.11. The van der Waals surface area contributed by atoms with Crippen molar-refractivity contribution in [1.82, 2.24) is 0 Å². The van der Waals surface area contributed by atoms with Crippen molar-refractivity contribution < 1.29 is 24.1 Å². The highest BCUT2D eigenvalue weighted by atomic mass is 16.5. The number of hydrogen-bond acceptors (Lipinski definition) is 5. The van der Waals surface area contributed by atoms with Gasteiger partial charge in [0.25, 0.3) is 0 Å². The van der Waals surface area contributed by atoms with E-state index in [2.05, 4.69) is 0 Å². The van der Waals surface area contributed by atoms with Gasteiger partial charge in [0.1, 0.15) is 0 Å². The number of phenolic OH excluding ortho intramolecular Hbond substituents is 1. The second-order valence-corrected chi connectivity index (χ2v) is 3.79. The molecule has 0 amide bonds. The maximum absolute atomic E-state index is 10.6. The predicted octanol–water partition coefficient (Wildman–Crippen LogP) is 1.91. The van der Waals surface area contributed by atoms with Crippen LogP contribution in [0.3, 0.4) is 0 Å². The standard InChI is InChI=1S/C13H18O5/c1-9(14)18-6-4-5-10-7-11(15)13(17-3)12(8-10)16-2/h7-8,15H,4-6H2,1-3H3. The van der Waals surface area contributed by atoms with Crippen molar-refractivity contribution in [3.05, 3.63) is 17.7 Å². The van der Waals surface area contributed by atoms with E-state index >= 15 is 0 Å². The van der Waals surface area contributed by atoms with E-state index in [1.165, 1.54) is 21.1 Å². The summed E-state index contributed by atoms with van der Waals surface area (Å²) in [5.74, 6) is 0.561. The smallest absolute Gasteiger partial charge is 0.302 e. The van der Waals surface area contributed by atoms with Crippen LogP contribution in [0, 0.1) is 0 Å². The number of phenols is 1. The van der Waals surface area contributed by atoms with E-state index in [1.807, 2.05) is 0 Å². The third-order valence-electron chi connectivity index (χ3n) is 2.43. The van der Waals surface area contributed by atoms with Crippen LogP contribution in [-0.2, 0) is 16.0 Å². The molecule has 0 aliphatic rings. The molecule has 0 aliphatic carbocycles. The van der Waals surface area contributed by atoms with Gasteiger partial charge < -0.3 is 19.3 Å². The van der Waals surface area contributed by atoms with Gasteiger partial charge in [-0.15, -0.1) is 0 Å². The first-order valence-corrected chi connectivity index (χ1v) is 5.65. The minimum absolute atomic E-state index is 0.0411. The van der Waals surface area contributed by atoms with Crippen LogP contribution in [0.4, 0.5) is 0 Å². The van der Waals surface area contributed by atoms with Crippen molar-refractivity contribution in [3.8, 4) is 17.2 Å². The van der Waals surface area contributed by atoms with Crippen molar-refractivity contribution >= 4 is 5.97 Å². The van der Waals surface area contributed by atoms with Gasteiger partial charge in [0.05, 0.1) is 20.8 Å². The minimum atomic E-state index is -0.287.